The maximum atomic E-state index is 13.4. The standard InChI is InChI=1S/C19H21F3N6O2/c1-30-18-15(19(20,21)22)6-13(7-23-18)28-5-3-16-14(9-28)17(25-10-24-16)26-12-2-4-27(8-12)11-29/h6-7,10-12H,2-5,8-9H2,1H3,(H,24,25,26)/t12-/m0/s1. The molecule has 0 radical (unpaired) electrons. The molecule has 1 fully saturated rings. The van der Waals surface area contributed by atoms with Gasteiger partial charge in [-0.2, -0.15) is 13.2 Å². The third kappa shape index (κ3) is 3.96. The quantitative estimate of drug-likeness (QED) is 0.739. The number of hydrogen-bond acceptors (Lipinski definition) is 7. The molecular weight excluding hydrogens is 401 g/mol. The zero-order chi connectivity index (χ0) is 21.3. The zero-order valence-electron chi connectivity index (χ0n) is 16.3. The SMILES string of the molecule is COc1ncc(N2CCc3ncnc(N[C@H]4CCN(C=O)C4)c3C2)cc1C(F)(F)F. The number of nitrogens with one attached hydrogen (secondary N) is 1. The number of alkyl halides is 3. The maximum Gasteiger partial charge on any atom is 0.421 e. The highest BCUT2D eigenvalue weighted by atomic mass is 19.4. The first-order valence-electron chi connectivity index (χ1n) is 9.54. The molecule has 0 bridgehead atoms. The molecule has 160 valence electrons. The zero-order valence-corrected chi connectivity index (χ0v) is 16.3. The maximum absolute atomic E-state index is 13.4. The predicted octanol–water partition coefficient (Wildman–Crippen LogP) is 2.10. The summed E-state index contributed by atoms with van der Waals surface area (Å²) >= 11 is 0. The second-order valence-electron chi connectivity index (χ2n) is 7.30. The van der Waals surface area contributed by atoms with Crippen molar-refractivity contribution in [3.63, 3.8) is 0 Å². The van der Waals surface area contributed by atoms with Crippen molar-refractivity contribution in [2.45, 2.75) is 31.6 Å². The minimum absolute atomic E-state index is 0.0732. The summed E-state index contributed by atoms with van der Waals surface area (Å²) < 4.78 is 44.9. The van der Waals surface area contributed by atoms with Gasteiger partial charge in [0.15, 0.2) is 0 Å². The number of rotatable bonds is 5. The lowest BCUT2D eigenvalue weighted by Gasteiger charge is -2.31. The summed E-state index contributed by atoms with van der Waals surface area (Å²) in [6, 6.07) is 1.14. The number of carbonyl (C=O) groups excluding carboxylic acids is 1. The van der Waals surface area contributed by atoms with Crippen molar-refractivity contribution >= 4 is 17.9 Å². The van der Waals surface area contributed by atoms with Crippen molar-refractivity contribution in [3.05, 3.63) is 35.4 Å². The molecule has 1 N–H and O–H groups in total. The lowest BCUT2D eigenvalue weighted by atomic mass is 10.0. The van der Waals surface area contributed by atoms with Crippen LogP contribution < -0.4 is 15.0 Å². The highest BCUT2D eigenvalue weighted by molar-refractivity contribution is 5.56. The number of nitrogens with zero attached hydrogens (tertiary/aromatic N) is 5. The van der Waals surface area contributed by atoms with Gasteiger partial charge in [0.1, 0.15) is 17.7 Å². The average molecular weight is 422 g/mol. The fraction of sp³-hybridized carbons (Fsp3) is 0.474. The van der Waals surface area contributed by atoms with E-state index in [9.17, 15) is 18.0 Å². The molecule has 0 saturated carbocycles. The molecule has 1 atom stereocenters. The van der Waals surface area contributed by atoms with Gasteiger partial charge in [-0.15, -0.1) is 0 Å². The fourth-order valence-corrected chi connectivity index (χ4v) is 3.86. The monoisotopic (exact) mass is 422 g/mol. The molecular formula is C19H21F3N6O2. The van der Waals surface area contributed by atoms with Crippen molar-refractivity contribution in [1.29, 1.82) is 0 Å². The van der Waals surface area contributed by atoms with E-state index in [0.29, 0.717) is 44.1 Å². The Bertz CT molecular complexity index is 939. The van der Waals surface area contributed by atoms with Crippen LogP contribution in [0.3, 0.4) is 0 Å². The Morgan fingerprint density at radius 3 is 2.80 bits per heavy atom. The Hall–Kier alpha value is -3.11. The van der Waals surface area contributed by atoms with E-state index in [-0.39, 0.29) is 6.04 Å². The van der Waals surface area contributed by atoms with Crippen molar-refractivity contribution in [3.8, 4) is 5.88 Å². The number of carbonyl (C=O) groups is 1. The summed E-state index contributed by atoms with van der Waals surface area (Å²) in [7, 11) is 1.17. The Morgan fingerprint density at radius 2 is 2.10 bits per heavy atom. The first-order valence-corrected chi connectivity index (χ1v) is 9.54. The van der Waals surface area contributed by atoms with Crippen LogP contribution >= 0.6 is 0 Å². The lowest BCUT2D eigenvalue weighted by Crippen LogP contribution is -2.33. The molecule has 2 aliphatic rings. The molecule has 2 aliphatic heterocycles. The molecule has 0 spiro atoms. The van der Waals surface area contributed by atoms with Gasteiger partial charge in [0.05, 0.1) is 24.7 Å². The Kier molecular flexibility index (Phi) is 5.35. The van der Waals surface area contributed by atoms with Crippen LogP contribution in [0.2, 0.25) is 0 Å². The molecule has 2 aromatic rings. The number of aromatic nitrogens is 3. The van der Waals surface area contributed by atoms with Crippen LogP contribution in [0.25, 0.3) is 0 Å². The number of methoxy groups -OCH3 is 1. The normalized spacial score (nSPS) is 18.9. The Balaban J connectivity index is 1.58. The molecule has 11 heteroatoms. The first kappa shape index (κ1) is 20.2. The first-order chi connectivity index (χ1) is 14.4. The van der Waals surface area contributed by atoms with Gasteiger partial charge < -0.3 is 19.9 Å². The van der Waals surface area contributed by atoms with E-state index in [1.807, 2.05) is 4.90 Å². The van der Waals surface area contributed by atoms with Crippen LogP contribution in [0, 0.1) is 0 Å². The van der Waals surface area contributed by atoms with E-state index in [2.05, 4.69) is 20.3 Å². The summed E-state index contributed by atoms with van der Waals surface area (Å²) in [6.45, 7) is 2.13. The van der Waals surface area contributed by atoms with Crippen molar-refractivity contribution in [1.82, 2.24) is 19.9 Å². The van der Waals surface area contributed by atoms with Gasteiger partial charge in [-0.25, -0.2) is 15.0 Å². The van der Waals surface area contributed by atoms with Crippen molar-refractivity contribution in [2.75, 3.05) is 37.0 Å². The Labute approximate surface area is 171 Å². The Morgan fingerprint density at radius 1 is 1.27 bits per heavy atom. The smallest absolute Gasteiger partial charge is 0.421 e. The predicted molar refractivity (Wildman–Crippen MR) is 102 cm³/mol. The van der Waals surface area contributed by atoms with E-state index in [0.717, 1.165) is 30.2 Å². The molecule has 4 rings (SSSR count). The molecule has 30 heavy (non-hydrogen) atoms. The van der Waals surface area contributed by atoms with E-state index in [4.69, 9.17) is 4.74 Å². The number of hydrogen-bond donors (Lipinski definition) is 1. The van der Waals surface area contributed by atoms with Gasteiger partial charge in [-0.1, -0.05) is 0 Å². The molecule has 0 unspecified atom stereocenters. The van der Waals surface area contributed by atoms with E-state index in [1.165, 1.54) is 19.6 Å². The molecule has 2 aromatic heterocycles. The van der Waals surface area contributed by atoms with Crippen LogP contribution in [0.4, 0.5) is 24.7 Å². The number of anilines is 2. The van der Waals surface area contributed by atoms with Crippen LogP contribution in [0.1, 0.15) is 23.2 Å². The number of halogens is 3. The third-order valence-corrected chi connectivity index (χ3v) is 5.41. The van der Waals surface area contributed by atoms with E-state index >= 15 is 0 Å². The van der Waals surface area contributed by atoms with Crippen LogP contribution in [-0.4, -0.2) is 59.0 Å². The summed E-state index contributed by atoms with van der Waals surface area (Å²) in [6.07, 6.45) is 0.511. The number of likely N-dealkylation sites (tertiary alicyclic amines) is 1. The van der Waals surface area contributed by atoms with Gasteiger partial charge in [0, 0.05) is 44.2 Å². The topological polar surface area (TPSA) is 83.5 Å². The van der Waals surface area contributed by atoms with Crippen LogP contribution in [0.15, 0.2) is 18.6 Å². The number of ether oxygens (including phenoxy) is 1. The average Bonchev–Trinajstić information content (AvgIpc) is 3.20. The van der Waals surface area contributed by atoms with Crippen molar-refractivity contribution in [2.24, 2.45) is 0 Å². The molecule has 1 saturated heterocycles. The highest BCUT2D eigenvalue weighted by Gasteiger charge is 2.36. The highest BCUT2D eigenvalue weighted by Crippen LogP contribution is 2.38. The molecule has 4 heterocycles. The molecule has 0 aromatic carbocycles. The molecule has 0 aliphatic carbocycles. The van der Waals surface area contributed by atoms with Crippen LogP contribution in [-0.2, 0) is 23.9 Å². The number of pyridine rings is 1. The van der Waals surface area contributed by atoms with Crippen molar-refractivity contribution < 1.29 is 22.7 Å². The van der Waals surface area contributed by atoms with E-state index in [1.54, 1.807) is 4.90 Å². The van der Waals surface area contributed by atoms with Crippen LogP contribution in [0.5, 0.6) is 5.88 Å². The van der Waals surface area contributed by atoms with Gasteiger partial charge in [-0.3, -0.25) is 4.79 Å². The van der Waals surface area contributed by atoms with Gasteiger partial charge in [0.25, 0.3) is 0 Å². The largest absolute Gasteiger partial charge is 0.481 e. The van der Waals surface area contributed by atoms with Gasteiger partial charge >= 0.3 is 6.18 Å². The second-order valence-corrected chi connectivity index (χ2v) is 7.30. The molecule has 1 amide bonds. The summed E-state index contributed by atoms with van der Waals surface area (Å²) in [5.41, 5.74) is 1.16. The molecule has 8 nitrogen and oxygen atoms in total. The lowest BCUT2D eigenvalue weighted by molar-refractivity contribution is -0.139. The minimum Gasteiger partial charge on any atom is -0.481 e. The number of amides is 1. The fourth-order valence-electron chi connectivity index (χ4n) is 3.86. The summed E-state index contributed by atoms with van der Waals surface area (Å²) in [5.74, 6) is 0.204. The summed E-state index contributed by atoms with van der Waals surface area (Å²) in [5, 5.41) is 3.37. The second kappa shape index (κ2) is 7.96. The van der Waals surface area contributed by atoms with E-state index < -0.39 is 17.6 Å². The number of fused-ring (bicyclic) bond motifs is 1. The summed E-state index contributed by atoms with van der Waals surface area (Å²) in [4.78, 5) is 27.0. The third-order valence-electron chi connectivity index (χ3n) is 5.41. The van der Waals surface area contributed by atoms with Gasteiger partial charge in [-0.05, 0) is 12.5 Å². The van der Waals surface area contributed by atoms with Gasteiger partial charge in [0.2, 0.25) is 12.3 Å². The minimum atomic E-state index is -4.56.